The monoisotopic (exact) mass is 530 g/mol. The van der Waals surface area contributed by atoms with Crippen molar-refractivity contribution >= 4 is 46.6 Å². The summed E-state index contributed by atoms with van der Waals surface area (Å²) < 4.78 is 0. The van der Waals surface area contributed by atoms with E-state index in [0.29, 0.717) is 27.1 Å². The summed E-state index contributed by atoms with van der Waals surface area (Å²) in [7, 11) is 0. The van der Waals surface area contributed by atoms with E-state index in [9.17, 15) is 9.59 Å². The lowest BCUT2D eigenvalue weighted by Crippen LogP contribution is -2.54. The van der Waals surface area contributed by atoms with Gasteiger partial charge in [0.2, 0.25) is 11.8 Å². The van der Waals surface area contributed by atoms with Gasteiger partial charge in [-0.2, -0.15) is 0 Å². The van der Waals surface area contributed by atoms with Crippen LogP contribution in [0.15, 0.2) is 72.8 Å². The fourth-order valence-corrected chi connectivity index (χ4v) is 4.44. The van der Waals surface area contributed by atoms with Crippen LogP contribution >= 0.6 is 34.8 Å². The highest BCUT2D eigenvalue weighted by Crippen LogP contribution is 2.25. The van der Waals surface area contributed by atoms with Crippen LogP contribution in [-0.4, -0.2) is 28.3 Å². The molecule has 3 aromatic rings. The molecule has 35 heavy (non-hydrogen) atoms. The third-order valence-electron chi connectivity index (χ3n) is 5.37. The maximum Gasteiger partial charge on any atom is 0.243 e. The molecule has 184 valence electrons. The van der Waals surface area contributed by atoms with Crippen molar-refractivity contribution in [2.45, 2.75) is 51.7 Å². The van der Waals surface area contributed by atoms with Gasteiger partial charge in [-0.15, -0.1) is 0 Å². The van der Waals surface area contributed by atoms with Crippen molar-refractivity contribution in [3.05, 3.63) is 105 Å². The lowest BCUT2D eigenvalue weighted by atomic mass is 10.00. The number of amides is 2. The van der Waals surface area contributed by atoms with Crippen LogP contribution in [0.4, 0.5) is 0 Å². The number of hydrogen-bond donors (Lipinski definition) is 1. The van der Waals surface area contributed by atoms with E-state index in [1.807, 2.05) is 57.2 Å². The summed E-state index contributed by atoms with van der Waals surface area (Å²) in [6, 6.07) is 21.2. The molecule has 0 fully saturated rings. The molecule has 1 atom stereocenters. The van der Waals surface area contributed by atoms with Crippen LogP contribution in [0, 0.1) is 0 Å². The molecule has 0 aliphatic rings. The van der Waals surface area contributed by atoms with E-state index < -0.39 is 11.6 Å². The number of benzene rings is 3. The number of carbonyl (C=O) groups is 2. The Morgan fingerprint density at radius 2 is 1.51 bits per heavy atom. The zero-order valence-electron chi connectivity index (χ0n) is 20.0. The molecule has 0 saturated carbocycles. The van der Waals surface area contributed by atoms with Gasteiger partial charge in [0.15, 0.2) is 0 Å². The minimum absolute atomic E-state index is 0.0971. The van der Waals surface area contributed by atoms with Crippen molar-refractivity contribution in [1.82, 2.24) is 10.2 Å². The number of nitrogens with one attached hydrogen (secondary N) is 1. The first-order valence-corrected chi connectivity index (χ1v) is 12.5. The van der Waals surface area contributed by atoms with Crippen LogP contribution in [0.25, 0.3) is 0 Å². The third-order valence-corrected chi connectivity index (χ3v) is 6.19. The Bertz CT molecular complexity index is 1180. The second-order valence-corrected chi connectivity index (χ2v) is 10.8. The van der Waals surface area contributed by atoms with Crippen LogP contribution < -0.4 is 5.32 Å². The highest BCUT2D eigenvalue weighted by Gasteiger charge is 2.32. The second kappa shape index (κ2) is 11.9. The molecule has 4 nitrogen and oxygen atoms in total. The molecular formula is C28H29Cl3N2O2. The van der Waals surface area contributed by atoms with Crippen molar-refractivity contribution in [3.63, 3.8) is 0 Å². The first-order valence-electron chi connectivity index (χ1n) is 11.4. The van der Waals surface area contributed by atoms with E-state index in [4.69, 9.17) is 34.8 Å². The molecule has 2 amide bonds. The maximum absolute atomic E-state index is 13.7. The zero-order valence-corrected chi connectivity index (χ0v) is 22.3. The van der Waals surface area contributed by atoms with Gasteiger partial charge >= 0.3 is 0 Å². The molecule has 0 saturated heterocycles. The standard InChI is InChI=1S/C28H29Cl3N2O2/c1-28(2,3)32-27(35)25(15-19-8-5-4-6-9-19)33(18-21-12-13-23(30)17-24(21)31)26(34)16-20-10-7-11-22(29)14-20/h4-14,17,25H,15-16,18H2,1-3H3,(H,32,35)/t25-/m0/s1. The summed E-state index contributed by atoms with van der Waals surface area (Å²) in [6.07, 6.45) is 0.453. The van der Waals surface area contributed by atoms with E-state index in [1.54, 1.807) is 41.3 Å². The van der Waals surface area contributed by atoms with Gasteiger partial charge in [0.1, 0.15) is 6.04 Å². The van der Waals surface area contributed by atoms with E-state index in [1.165, 1.54) is 0 Å². The number of carbonyl (C=O) groups excluding carboxylic acids is 2. The molecule has 3 rings (SSSR count). The number of halogens is 3. The summed E-state index contributed by atoms with van der Waals surface area (Å²) in [5.41, 5.74) is 1.96. The normalized spacial score (nSPS) is 12.2. The van der Waals surface area contributed by atoms with Crippen LogP contribution in [-0.2, 0) is 29.0 Å². The summed E-state index contributed by atoms with van der Waals surface area (Å²) in [4.78, 5) is 28.9. The van der Waals surface area contributed by atoms with Crippen LogP contribution in [0.1, 0.15) is 37.5 Å². The molecule has 0 bridgehead atoms. The van der Waals surface area contributed by atoms with Gasteiger partial charge in [0.25, 0.3) is 0 Å². The van der Waals surface area contributed by atoms with Gasteiger partial charge < -0.3 is 10.2 Å². The van der Waals surface area contributed by atoms with Crippen LogP contribution in [0.2, 0.25) is 15.1 Å². The average Bonchev–Trinajstić information content (AvgIpc) is 2.77. The Balaban J connectivity index is 2.02. The van der Waals surface area contributed by atoms with Gasteiger partial charge in [-0.05, 0) is 61.7 Å². The van der Waals surface area contributed by atoms with Crippen LogP contribution in [0.5, 0.6) is 0 Å². The fourth-order valence-electron chi connectivity index (χ4n) is 3.76. The molecule has 0 radical (unpaired) electrons. The summed E-state index contributed by atoms with van der Waals surface area (Å²) in [5.74, 6) is -0.436. The molecular weight excluding hydrogens is 503 g/mol. The molecule has 1 N–H and O–H groups in total. The van der Waals surface area contributed by atoms with E-state index >= 15 is 0 Å². The molecule has 0 aromatic heterocycles. The van der Waals surface area contributed by atoms with Crippen molar-refractivity contribution in [2.75, 3.05) is 0 Å². The number of rotatable bonds is 8. The first-order chi connectivity index (χ1) is 16.5. The molecule has 0 aliphatic heterocycles. The smallest absolute Gasteiger partial charge is 0.243 e. The summed E-state index contributed by atoms with van der Waals surface area (Å²) >= 11 is 18.7. The SMILES string of the molecule is CC(C)(C)NC(=O)[C@H](Cc1ccccc1)N(Cc1ccc(Cl)cc1Cl)C(=O)Cc1cccc(Cl)c1. The van der Waals surface area contributed by atoms with Gasteiger partial charge in [-0.1, -0.05) is 83.3 Å². The van der Waals surface area contributed by atoms with E-state index in [2.05, 4.69) is 5.32 Å². The Morgan fingerprint density at radius 3 is 2.14 bits per heavy atom. The predicted octanol–water partition coefficient (Wildman–Crippen LogP) is 6.74. The minimum atomic E-state index is -0.755. The second-order valence-electron chi connectivity index (χ2n) is 9.51. The Kier molecular flexibility index (Phi) is 9.23. The third kappa shape index (κ3) is 8.28. The summed E-state index contributed by atoms with van der Waals surface area (Å²) in [6.45, 7) is 5.90. The van der Waals surface area contributed by atoms with E-state index in [0.717, 1.165) is 11.1 Å². The predicted molar refractivity (Wildman–Crippen MR) is 144 cm³/mol. The van der Waals surface area contributed by atoms with Crippen molar-refractivity contribution in [3.8, 4) is 0 Å². The van der Waals surface area contributed by atoms with Crippen LogP contribution in [0.3, 0.4) is 0 Å². The first kappa shape index (κ1) is 27.1. The Morgan fingerprint density at radius 1 is 0.857 bits per heavy atom. The van der Waals surface area contributed by atoms with Crippen molar-refractivity contribution in [1.29, 1.82) is 0 Å². The molecule has 0 unspecified atom stereocenters. The maximum atomic E-state index is 13.7. The quantitative estimate of drug-likeness (QED) is 0.350. The molecule has 0 aliphatic carbocycles. The molecule has 0 spiro atoms. The van der Waals surface area contributed by atoms with Gasteiger partial charge in [0, 0.05) is 33.6 Å². The topological polar surface area (TPSA) is 49.4 Å². The Hall–Kier alpha value is -2.53. The lowest BCUT2D eigenvalue weighted by Gasteiger charge is -2.34. The number of nitrogens with zero attached hydrogens (tertiary/aromatic N) is 1. The van der Waals surface area contributed by atoms with Gasteiger partial charge in [-0.3, -0.25) is 9.59 Å². The highest BCUT2D eigenvalue weighted by atomic mass is 35.5. The van der Waals surface area contributed by atoms with Gasteiger partial charge in [0.05, 0.1) is 6.42 Å². The molecule has 7 heteroatoms. The number of hydrogen-bond acceptors (Lipinski definition) is 2. The molecule has 0 heterocycles. The Labute approximate surface area is 222 Å². The van der Waals surface area contributed by atoms with Gasteiger partial charge in [-0.25, -0.2) is 0 Å². The van der Waals surface area contributed by atoms with E-state index in [-0.39, 0.29) is 24.8 Å². The lowest BCUT2D eigenvalue weighted by molar-refractivity contribution is -0.141. The minimum Gasteiger partial charge on any atom is -0.350 e. The van der Waals surface area contributed by atoms with Crippen molar-refractivity contribution in [2.24, 2.45) is 0 Å². The zero-order chi connectivity index (χ0) is 25.6. The molecule has 3 aromatic carbocycles. The summed E-state index contributed by atoms with van der Waals surface area (Å²) in [5, 5.41) is 4.54. The largest absolute Gasteiger partial charge is 0.350 e. The van der Waals surface area contributed by atoms with Crippen molar-refractivity contribution < 1.29 is 9.59 Å². The fraction of sp³-hybridized carbons (Fsp3) is 0.286. The highest BCUT2D eigenvalue weighted by molar-refractivity contribution is 6.35. The average molecular weight is 532 g/mol.